The van der Waals surface area contributed by atoms with Gasteiger partial charge in [0.05, 0.1) is 0 Å². The summed E-state index contributed by atoms with van der Waals surface area (Å²) in [6, 6.07) is 2.54. The number of thiophene rings is 1. The minimum Gasteiger partial charge on any atom is -0.479 e. The molecular weight excluding hydrogens is 276 g/mol. The Bertz CT molecular complexity index is 420. The zero-order valence-corrected chi connectivity index (χ0v) is 12.5. The normalized spacial score (nSPS) is 13.7. The molecule has 1 aromatic heterocycles. The molecule has 1 heterocycles. The molecule has 5 nitrogen and oxygen atoms in total. The van der Waals surface area contributed by atoms with E-state index < -0.39 is 12.0 Å². The number of nitrogens with one attached hydrogen (secondary N) is 1. The number of carbonyl (C=O) groups excluding carboxylic acids is 1. The number of aliphatic carboxylic acids is 1. The molecule has 1 rings (SSSR count). The van der Waals surface area contributed by atoms with Crippen LogP contribution in [0.3, 0.4) is 0 Å². The number of carboxylic acid groups (broad SMARTS) is 1. The highest BCUT2D eigenvalue weighted by atomic mass is 32.1. The van der Waals surface area contributed by atoms with E-state index in [1.54, 1.807) is 17.5 Å². The van der Waals surface area contributed by atoms with E-state index in [2.05, 4.69) is 12.2 Å². The van der Waals surface area contributed by atoms with Crippen LogP contribution in [0.25, 0.3) is 0 Å². The van der Waals surface area contributed by atoms with Crippen molar-refractivity contribution < 1.29 is 14.7 Å². The molecule has 20 heavy (non-hydrogen) atoms. The molecule has 0 aliphatic rings. The van der Waals surface area contributed by atoms with Gasteiger partial charge < -0.3 is 16.2 Å². The Balaban J connectivity index is 2.49. The maximum Gasteiger partial charge on any atom is 0.331 e. The fraction of sp³-hybridized carbons (Fsp3) is 0.571. The van der Waals surface area contributed by atoms with E-state index in [0.29, 0.717) is 23.8 Å². The van der Waals surface area contributed by atoms with Crippen LogP contribution >= 0.6 is 11.3 Å². The number of carbonyl (C=O) groups is 2. The van der Waals surface area contributed by atoms with Gasteiger partial charge >= 0.3 is 5.97 Å². The van der Waals surface area contributed by atoms with E-state index in [4.69, 9.17) is 5.73 Å². The summed E-state index contributed by atoms with van der Waals surface area (Å²) in [5, 5.41) is 13.6. The van der Waals surface area contributed by atoms with Gasteiger partial charge in [0.2, 0.25) is 5.91 Å². The van der Waals surface area contributed by atoms with Gasteiger partial charge in [0, 0.05) is 11.3 Å². The van der Waals surface area contributed by atoms with Crippen molar-refractivity contribution in [3.63, 3.8) is 0 Å². The average Bonchev–Trinajstić information content (AvgIpc) is 2.94. The molecule has 2 unspecified atom stereocenters. The fourth-order valence-corrected chi connectivity index (χ4v) is 2.83. The lowest BCUT2D eigenvalue weighted by atomic mass is 9.96. The summed E-state index contributed by atoms with van der Waals surface area (Å²) in [5.74, 6) is -0.827. The van der Waals surface area contributed by atoms with Crippen LogP contribution in [0, 0.1) is 5.92 Å². The zero-order chi connectivity index (χ0) is 15.0. The highest BCUT2D eigenvalue weighted by molar-refractivity contribution is 7.10. The van der Waals surface area contributed by atoms with Gasteiger partial charge in [-0.15, -0.1) is 11.3 Å². The first-order chi connectivity index (χ1) is 9.58. The molecule has 6 heteroatoms. The molecule has 0 radical (unpaired) electrons. The quantitative estimate of drug-likeness (QED) is 0.651. The number of hydrogen-bond acceptors (Lipinski definition) is 4. The van der Waals surface area contributed by atoms with Crippen LogP contribution in [-0.2, 0) is 9.59 Å². The van der Waals surface area contributed by atoms with Crippen LogP contribution in [0.15, 0.2) is 17.5 Å². The summed E-state index contributed by atoms with van der Waals surface area (Å²) in [6.07, 6.45) is 2.97. The smallest absolute Gasteiger partial charge is 0.331 e. The molecule has 2 atom stereocenters. The fourth-order valence-electron chi connectivity index (χ4n) is 2.07. The van der Waals surface area contributed by atoms with Gasteiger partial charge in [0.1, 0.15) is 0 Å². The Kier molecular flexibility index (Phi) is 7.25. The average molecular weight is 298 g/mol. The second-order valence-electron chi connectivity index (χ2n) is 4.74. The predicted octanol–water partition coefficient (Wildman–Crippen LogP) is 2.15. The van der Waals surface area contributed by atoms with Gasteiger partial charge in [-0.3, -0.25) is 4.79 Å². The van der Waals surface area contributed by atoms with Crippen LogP contribution in [0.2, 0.25) is 0 Å². The van der Waals surface area contributed by atoms with Crippen LogP contribution in [0.4, 0.5) is 0 Å². The Morgan fingerprint density at radius 1 is 1.45 bits per heavy atom. The van der Waals surface area contributed by atoms with Gasteiger partial charge in [-0.25, -0.2) is 4.79 Å². The predicted molar refractivity (Wildman–Crippen MR) is 79.5 cm³/mol. The van der Waals surface area contributed by atoms with Crippen molar-refractivity contribution in [2.75, 3.05) is 6.54 Å². The maximum atomic E-state index is 11.9. The largest absolute Gasteiger partial charge is 0.479 e. The SMILES string of the molecule is CCC(CCN)CCC(=O)NC(C(=O)O)c1cccs1. The molecule has 0 aromatic carbocycles. The number of rotatable bonds is 9. The molecule has 1 aromatic rings. The van der Waals surface area contributed by atoms with Crippen molar-refractivity contribution in [2.24, 2.45) is 11.7 Å². The summed E-state index contributed by atoms with van der Waals surface area (Å²) in [5.41, 5.74) is 5.52. The van der Waals surface area contributed by atoms with Gasteiger partial charge in [-0.05, 0) is 36.8 Å². The Morgan fingerprint density at radius 2 is 2.20 bits per heavy atom. The summed E-state index contributed by atoms with van der Waals surface area (Å²) >= 11 is 1.33. The molecule has 1 amide bonds. The molecule has 0 bridgehead atoms. The zero-order valence-electron chi connectivity index (χ0n) is 11.7. The first-order valence-corrected chi connectivity index (χ1v) is 7.72. The highest BCUT2D eigenvalue weighted by Gasteiger charge is 2.23. The highest BCUT2D eigenvalue weighted by Crippen LogP contribution is 2.20. The van der Waals surface area contributed by atoms with Crippen molar-refractivity contribution in [1.82, 2.24) is 5.32 Å². The molecule has 0 aliphatic heterocycles. The van der Waals surface area contributed by atoms with E-state index in [-0.39, 0.29) is 5.91 Å². The minimum absolute atomic E-state index is 0.221. The van der Waals surface area contributed by atoms with Crippen molar-refractivity contribution in [3.05, 3.63) is 22.4 Å². The molecule has 0 fully saturated rings. The summed E-state index contributed by atoms with van der Waals surface area (Å²) in [6.45, 7) is 2.69. The first-order valence-electron chi connectivity index (χ1n) is 6.84. The summed E-state index contributed by atoms with van der Waals surface area (Å²) in [7, 11) is 0. The number of amides is 1. The molecule has 4 N–H and O–H groups in total. The van der Waals surface area contributed by atoms with Gasteiger partial charge in [0.25, 0.3) is 0 Å². The van der Waals surface area contributed by atoms with Crippen LogP contribution in [0.1, 0.15) is 43.5 Å². The number of nitrogens with two attached hydrogens (primary N) is 1. The molecule has 0 spiro atoms. The van der Waals surface area contributed by atoms with E-state index in [9.17, 15) is 14.7 Å². The summed E-state index contributed by atoms with van der Waals surface area (Å²) < 4.78 is 0. The van der Waals surface area contributed by atoms with Gasteiger partial charge in [-0.2, -0.15) is 0 Å². The van der Waals surface area contributed by atoms with Crippen molar-refractivity contribution in [3.8, 4) is 0 Å². The third-order valence-corrected chi connectivity index (χ3v) is 4.25. The van der Waals surface area contributed by atoms with Crippen molar-refractivity contribution in [1.29, 1.82) is 0 Å². The third-order valence-electron chi connectivity index (χ3n) is 3.31. The number of hydrogen-bond donors (Lipinski definition) is 3. The Morgan fingerprint density at radius 3 is 2.70 bits per heavy atom. The Labute approximate surface area is 123 Å². The molecular formula is C14H22N2O3S. The molecule has 112 valence electrons. The van der Waals surface area contributed by atoms with Crippen molar-refractivity contribution in [2.45, 2.75) is 38.6 Å². The molecule has 0 saturated carbocycles. The topological polar surface area (TPSA) is 92.4 Å². The van der Waals surface area contributed by atoms with E-state index in [0.717, 1.165) is 19.3 Å². The monoisotopic (exact) mass is 298 g/mol. The van der Waals surface area contributed by atoms with E-state index in [1.165, 1.54) is 11.3 Å². The van der Waals surface area contributed by atoms with Gasteiger partial charge in [-0.1, -0.05) is 19.4 Å². The van der Waals surface area contributed by atoms with Crippen LogP contribution in [-0.4, -0.2) is 23.5 Å². The standard InChI is InChI=1S/C14H22N2O3S/c1-2-10(7-8-15)5-6-12(17)16-13(14(18)19)11-4-3-9-20-11/h3-4,9-10,13H,2,5-8,15H2,1H3,(H,16,17)(H,18,19). The molecule has 0 saturated heterocycles. The number of carboxylic acids is 1. The Hall–Kier alpha value is -1.40. The second kappa shape index (κ2) is 8.71. The summed E-state index contributed by atoms with van der Waals surface area (Å²) in [4.78, 5) is 23.7. The lowest BCUT2D eigenvalue weighted by molar-refractivity contribution is -0.142. The van der Waals surface area contributed by atoms with Crippen molar-refractivity contribution >= 4 is 23.2 Å². The first kappa shape index (κ1) is 16.7. The van der Waals surface area contributed by atoms with Gasteiger partial charge in [0.15, 0.2) is 6.04 Å². The minimum atomic E-state index is -1.03. The van der Waals surface area contributed by atoms with Crippen LogP contribution in [0.5, 0.6) is 0 Å². The third kappa shape index (κ3) is 5.30. The maximum absolute atomic E-state index is 11.9. The second-order valence-corrected chi connectivity index (χ2v) is 5.72. The van der Waals surface area contributed by atoms with Crippen LogP contribution < -0.4 is 11.1 Å². The van der Waals surface area contributed by atoms with E-state index in [1.807, 2.05) is 0 Å². The lowest BCUT2D eigenvalue weighted by Crippen LogP contribution is -2.33. The molecule has 0 aliphatic carbocycles. The lowest BCUT2D eigenvalue weighted by Gasteiger charge is -2.16. The van der Waals surface area contributed by atoms with E-state index >= 15 is 0 Å².